The van der Waals surface area contributed by atoms with Crippen molar-refractivity contribution >= 4 is 17.7 Å². The summed E-state index contributed by atoms with van der Waals surface area (Å²) in [6.45, 7) is 3.44. The molecule has 2 aliphatic heterocycles. The summed E-state index contributed by atoms with van der Waals surface area (Å²) in [5.41, 5.74) is 1.14. The van der Waals surface area contributed by atoms with E-state index in [4.69, 9.17) is 4.74 Å². The number of hydrogen-bond donors (Lipinski definition) is 1. The molecular formula is C16H22N2O2S. The minimum atomic E-state index is -0.128. The molecule has 0 bridgehead atoms. The molecule has 2 fully saturated rings. The molecule has 0 aromatic heterocycles. The molecule has 1 amide bonds. The molecule has 1 aromatic rings. The van der Waals surface area contributed by atoms with E-state index < -0.39 is 0 Å². The maximum Gasteiger partial charge on any atom is 0.241 e. The Morgan fingerprint density at radius 1 is 1.38 bits per heavy atom. The average Bonchev–Trinajstić information content (AvgIpc) is 3.11. The first kappa shape index (κ1) is 14.9. The lowest BCUT2D eigenvalue weighted by Gasteiger charge is -2.27. The van der Waals surface area contributed by atoms with Crippen LogP contribution in [0.3, 0.4) is 0 Å². The van der Waals surface area contributed by atoms with Gasteiger partial charge in [-0.3, -0.25) is 10.1 Å². The Hall–Kier alpha value is -1.04. The van der Waals surface area contributed by atoms with Crippen molar-refractivity contribution in [3.63, 3.8) is 0 Å². The van der Waals surface area contributed by atoms with E-state index in [0.717, 1.165) is 25.0 Å². The van der Waals surface area contributed by atoms with Crippen molar-refractivity contribution in [2.75, 3.05) is 19.4 Å². The van der Waals surface area contributed by atoms with Gasteiger partial charge in [-0.25, -0.2) is 0 Å². The minimum absolute atomic E-state index is 0.0346. The number of nitrogens with zero attached hydrogens (tertiary/aromatic N) is 1. The lowest BCUT2D eigenvalue weighted by atomic mass is 10.1. The summed E-state index contributed by atoms with van der Waals surface area (Å²) >= 11 is 1.73. The van der Waals surface area contributed by atoms with E-state index in [-0.39, 0.29) is 24.2 Å². The van der Waals surface area contributed by atoms with Crippen LogP contribution in [0.5, 0.6) is 0 Å². The summed E-state index contributed by atoms with van der Waals surface area (Å²) < 4.78 is 5.69. The number of nitrogens with one attached hydrogen (secondary N) is 1. The van der Waals surface area contributed by atoms with Crippen LogP contribution in [-0.4, -0.2) is 42.4 Å². The fourth-order valence-electron chi connectivity index (χ4n) is 3.04. The van der Waals surface area contributed by atoms with Gasteiger partial charge in [0.25, 0.3) is 0 Å². The maximum absolute atomic E-state index is 12.4. The largest absolute Gasteiger partial charge is 0.376 e. The zero-order valence-corrected chi connectivity index (χ0v) is 13.4. The third-order valence-electron chi connectivity index (χ3n) is 4.23. The highest BCUT2D eigenvalue weighted by Crippen LogP contribution is 2.28. The Bertz CT molecular complexity index is 500. The van der Waals surface area contributed by atoms with Crippen molar-refractivity contribution in [3.05, 3.63) is 29.8 Å². The third kappa shape index (κ3) is 3.10. The van der Waals surface area contributed by atoms with Gasteiger partial charge in [0.15, 0.2) is 0 Å². The summed E-state index contributed by atoms with van der Waals surface area (Å²) in [4.78, 5) is 15.6. The molecule has 3 unspecified atom stereocenters. The normalized spacial score (nSPS) is 29.3. The number of hydrogen-bond acceptors (Lipinski definition) is 4. The summed E-state index contributed by atoms with van der Waals surface area (Å²) in [6.07, 6.45) is 4.37. The second kappa shape index (κ2) is 6.38. The van der Waals surface area contributed by atoms with Crippen LogP contribution in [-0.2, 0) is 9.53 Å². The SMILES string of the molecule is CSc1ccc(C2NC(C)C(=O)N2CC2CCCO2)cc1. The average molecular weight is 306 g/mol. The number of rotatable bonds is 4. The predicted molar refractivity (Wildman–Crippen MR) is 84.2 cm³/mol. The first-order valence-corrected chi connectivity index (χ1v) is 8.73. The molecule has 21 heavy (non-hydrogen) atoms. The first-order valence-electron chi connectivity index (χ1n) is 7.51. The Morgan fingerprint density at radius 2 is 2.14 bits per heavy atom. The molecule has 0 radical (unpaired) electrons. The van der Waals surface area contributed by atoms with E-state index in [0.29, 0.717) is 6.54 Å². The van der Waals surface area contributed by atoms with E-state index in [2.05, 4.69) is 35.8 Å². The predicted octanol–water partition coefficient (Wildman–Crippen LogP) is 2.41. The van der Waals surface area contributed by atoms with Crippen molar-refractivity contribution in [2.24, 2.45) is 0 Å². The van der Waals surface area contributed by atoms with Gasteiger partial charge in [-0.2, -0.15) is 0 Å². The van der Waals surface area contributed by atoms with Crippen LogP contribution in [0.1, 0.15) is 31.5 Å². The monoisotopic (exact) mass is 306 g/mol. The van der Waals surface area contributed by atoms with E-state index >= 15 is 0 Å². The number of ether oxygens (including phenoxy) is 1. The standard InChI is InChI=1S/C16H22N2O2S/c1-11-16(19)18(10-13-4-3-9-20-13)15(17-11)12-5-7-14(21-2)8-6-12/h5-8,11,13,15,17H,3-4,9-10H2,1-2H3. The smallest absolute Gasteiger partial charge is 0.241 e. The van der Waals surface area contributed by atoms with Crippen LogP contribution in [0.4, 0.5) is 0 Å². The van der Waals surface area contributed by atoms with Gasteiger partial charge in [-0.05, 0) is 43.7 Å². The number of benzene rings is 1. The number of carbonyl (C=O) groups excluding carboxylic acids is 1. The maximum atomic E-state index is 12.4. The summed E-state index contributed by atoms with van der Waals surface area (Å²) in [6, 6.07) is 8.31. The highest BCUT2D eigenvalue weighted by molar-refractivity contribution is 7.98. The van der Waals surface area contributed by atoms with Gasteiger partial charge in [-0.1, -0.05) is 12.1 Å². The van der Waals surface area contributed by atoms with E-state index in [1.807, 2.05) is 11.8 Å². The minimum Gasteiger partial charge on any atom is -0.376 e. The molecule has 2 heterocycles. The van der Waals surface area contributed by atoms with Crippen molar-refractivity contribution in [1.29, 1.82) is 0 Å². The van der Waals surface area contributed by atoms with Crippen LogP contribution < -0.4 is 5.32 Å². The van der Waals surface area contributed by atoms with Crippen LogP contribution in [0.25, 0.3) is 0 Å². The van der Waals surface area contributed by atoms with Crippen LogP contribution in [0.15, 0.2) is 29.2 Å². The molecule has 0 aliphatic carbocycles. The van der Waals surface area contributed by atoms with Gasteiger partial charge < -0.3 is 9.64 Å². The Morgan fingerprint density at radius 3 is 2.76 bits per heavy atom. The summed E-state index contributed by atoms with van der Waals surface area (Å²) in [5, 5.41) is 3.40. The van der Waals surface area contributed by atoms with Crippen LogP contribution in [0.2, 0.25) is 0 Å². The fraction of sp³-hybridized carbons (Fsp3) is 0.562. The molecule has 0 saturated carbocycles. The molecular weight excluding hydrogens is 284 g/mol. The Kier molecular flexibility index (Phi) is 4.52. The highest BCUT2D eigenvalue weighted by Gasteiger charge is 2.38. The molecule has 1 N–H and O–H groups in total. The molecule has 2 aliphatic rings. The van der Waals surface area contributed by atoms with Gasteiger partial charge >= 0.3 is 0 Å². The highest BCUT2D eigenvalue weighted by atomic mass is 32.2. The lowest BCUT2D eigenvalue weighted by molar-refractivity contribution is -0.131. The summed E-state index contributed by atoms with van der Waals surface area (Å²) in [5.74, 6) is 0.171. The van der Waals surface area contributed by atoms with Crippen molar-refractivity contribution in [1.82, 2.24) is 10.2 Å². The molecule has 4 nitrogen and oxygen atoms in total. The zero-order chi connectivity index (χ0) is 14.8. The Balaban J connectivity index is 1.78. The third-order valence-corrected chi connectivity index (χ3v) is 4.97. The lowest BCUT2D eigenvalue weighted by Crippen LogP contribution is -2.37. The molecule has 114 valence electrons. The Labute approximate surface area is 130 Å². The summed E-state index contributed by atoms with van der Waals surface area (Å²) in [7, 11) is 0. The molecule has 1 aromatic carbocycles. The van der Waals surface area contributed by atoms with E-state index in [1.165, 1.54) is 4.90 Å². The van der Waals surface area contributed by atoms with Crippen LogP contribution in [0, 0.1) is 0 Å². The topological polar surface area (TPSA) is 41.6 Å². The van der Waals surface area contributed by atoms with Gasteiger partial charge in [0.1, 0.15) is 6.17 Å². The molecule has 3 rings (SSSR count). The van der Waals surface area contributed by atoms with Crippen molar-refractivity contribution in [2.45, 2.75) is 43.0 Å². The fourth-order valence-corrected chi connectivity index (χ4v) is 3.45. The van der Waals surface area contributed by atoms with Gasteiger partial charge in [0.2, 0.25) is 5.91 Å². The molecule has 3 atom stereocenters. The number of amides is 1. The van der Waals surface area contributed by atoms with Gasteiger partial charge in [-0.15, -0.1) is 11.8 Å². The van der Waals surface area contributed by atoms with Crippen molar-refractivity contribution in [3.8, 4) is 0 Å². The number of thioether (sulfide) groups is 1. The van der Waals surface area contributed by atoms with E-state index in [1.54, 1.807) is 11.8 Å². The zero-order valence-electron chi connectivity index (χ0n) is 12.5. The van der Waals surface area contributed by atoms with Gasteiger partial charge in [0, 0.05) is 18.0 Å². The quantitative estimate of drug-likeness (QED) is 0.867. The van der Waals surface area contributed by atoms with Gasteiger partial charge in [0.05, 0.1) is 12.1 Å². The molecule has 5 heteroatoms. The second-order valence-electron chi connectivity index (χ2n) is 5.69. The number of carbonyl (C=O) groups is 1. The van der Waals surface area contributed by atoms with Crippen molar-refractivity contribution < 1.29 is 9.53 Å². The second-order valence-corrected chi connectivity index (χ2v) is 6.57. The first-order chi connectivity index (χ1) is 10.2. The molecule has 0 spiro atoms. The van der Waals surface area contributed by atoms with Crippen LogP contribution >= 0.6 is 11.8 Å². The molecule has 2 saturated heterocycles. The van der Waals surface area contributed by atoms with E-state index in [9.17, 15) is 4.79 Å².